The van der Waals surface area contributed by atoms with Crippen LogP contribution >= 0.6 is 0 Å². The van der Waals surface area contributed by atoms with Gasteiger partial charge in [-0.05, 0) is 0 Å². The van der Waals surface area contributed by atoms with Crippen LogP contribution in [0.2, 0.25) is 0 Å². The SMILES string of the molecule is Cn1cnc2c1-c1oc(C(=O)O)cc1NC2. The minimum absolute atomic E-state index is 0.0634. The number of nitrogens with zero attached hydrogens (tertiary/aromatic N) is 2. The van der Waals surface area contributed by atoms with E-state index < -0.39 is 5.97 Å². The number of fused-ring (bicyclic) bond motifs is 3. The average molecular weight is 219 g/mol. The van der Waals surface area contributed by atoms with Crippen molar-refractivity contribution in [2.75, 3.05) is 5.32 Å². The summed E-state index contributed by atoms with van der Waals surface area (Å²) in [6.45, 7) is 0.585. The maximum Gasteiger partial charge on any atom is 0.371 e. The Morgan fingerprint density at radius 1 is 1.69 bits per heavy atom. The van der Waals surface area contributed by atoms with Crippen LogP contribution in [0.4, 0.5) is 5.69 Å². The summed E-state index contributed by atoms with van der Waals surface area (Å²) < 4.78 is 7.13. The van der Waals surface area contributed by atoms with Crippen LogP contribution < -0.4 is 5.32 Å². The van der Waals surface area contributed by atoms with Gasteiger partial charge >= 0.3 is 5.97 Å². The molecule has 0 radical (unpaired) electrons. The molecule has 0 aromatic carbocycles. The predicted octanol–water partition coefficient (Wildman–Crippen LogP) is 1.30. The van der Waals surface area contributed by atoms with E-state index in [1.807, 2.05) is 11.6 Å². The van der Waals surface area contributed by atoms with Crippen molar-refractivity contribution < 1.29 is 14.3 Å². The number of anilines is 1. The molecular weight excluding hydrogens is 210 g/mol. The van der Waals surface area contributed by atoms with E-state index in [1.165, 1.54) is 6.07 Å². The lowest BCUT2D eigenvalue weighted by atomic mass is 10.1. The van der Waals surface area contributed by atoms with Gasteiger partial charge in [0.2, 0.25) is 5.76 Å². The van der Waals surface area contributed by atoms with Gasteiger partial charge in [0.15, 0.2) is 5.76 Å². The largest absolute Gasteiger partial charge is 0.475 e. The number of hydrogen-bond donors (Lipinski definition) is 2. The Morgan fingerprint density at radius 2 is 2.50 bits per heavy atom. The lowest BCUT2D eigenvalue weighted by Crippen LogP contribution is -2.07. The molecule has 6 heteroatoms. The van der Waals surface area contributed by atoms with E-state index in [4.69, 9.17) is 9.52 Å². The third-order valence-corrected chi connectivity index (χ3v) is 2.62. The van der Waals surface area contributed by atoms with Crippen LogP contribution in [-0.4, -0.2) is 20.6 Å². The monoisotopic (exact) mass is 219 g/mol. The Morgan fingerprint density at radius 3 is 3.25 bits per heavy atom. The molecule has 0 fully saturated rings. The summed E-state index contributed by atoms with van der Waals surface area (Å²) in [6, 6.07) is 1.49. The minimum atomic E-state index is -1.07. The summed E-state index contributed by atoms with van der Waals surface area (Å²) >= 11 is 0. The van der Waals surface area contributed by atoms with Crippen LogP contribution in [0.15, 0.2) is 16.8 Å². The third kappa shape index (κ3) is 1.06. The number of nitrogens with one attached hydrogen (secondary N) is 1. The van der Waals surface area contributed by atoms with E-state index in [1.54, 1.807) is 6.33 Å². The Hall–Kier alpha value is -2.24. The third-order valence-electron chi connectivity index (χ3n) is 2.62. The molecule has 0 unspecified atom stereocenters. The number of furan rings is 1. The smallest absolute Gasteiger partial charge is 0.371 e. The van der Waals surface area contributed by atoms with Crippen molar-refractivity contribution in [3.05, 3.63) is 23.8 Å². The van der Waals surface area contributed by atoms with Gasteiger partial charge in [0.1, 0.15) is 5.69 Å². The van der Waals surface area contributed by atoms with Crippen LogP contribution in [0.5, 0.6) is 0 Å². The molecule has 6 nitrogen and oxygen atoms in total. The first-order chi connectivity index (χ1) is 7.66. The molecule has 0 saturated carbocycles. The second-order valence-corrected chi connectivity index (χ2v) is 3.66. The average Bonchev–Trinajstić information content (AvgIpc) is 2.81. The fourth-order valence-corrected chi connectivity index (χ4v) is 1.88. The normalized spacial score (nSPS) is 12.8. The molecule has 0 spiro atoms. The van der Waals surface area contributed by atoms with Crippen molar-refractivity contribution >= 4 is 11.7 Å². The van der Waals surface area contributed by atoms with Gasteiger partial charge in [-0.2, -0.15) is 0 Å². The lowest BCUT2D eigenvalue weighted by Gasteiger charge is -2.13. The summed E-state index contributed by atoms with van der Waals surface area (Å²) in [4.78, 5) is 15.0. The molecule has 3 heterocycles. The van der Waals surface area contributed by atoms with Crippen molar-refractivity contribution in [2.24, 2.45) is 7.05 Å². The van der Waals surface area contributed by atoms with E-state index in [2.05, 4.69) is 10.3 Å². The van der Waals surface area contributed by atoms with E-state index in [0.717, 1.165) is 11.4 Å². The summed E-state index contributed by atoms with van der Waals surface area (Å²) in [7, 11) is 1.85. The minimum Gasteiger partial charge on any atom is -0.475 e. The van der Waals surface area contributed by atoms with Gasteiger partial charge < -0.3 is 19.4 Å². The Kier molecular flexibility index (Phi) is 1.62. The maximum atomic E-state index is 10.8. The van der Waals surface area contributed by atoms with E-state index in [-0.39, 0.29) is 5.76 Å². The highest BCUT2D eigenvalue weighted by Gasteiger charge is 2.26. The second kappa shape index (κ2) is 2.88. The van der Waals surface area contributed by atoms with Crippen LogP contribution in [0.1, 0.15) is 16.2 Å². The van der Waals surface area contributed by atoms with Crippen molar-refractivity contribution in [3.8, 4) is 11.5 Å². The molecule has 0 atom stereocenters. The quantitative estimate of drug-likeness (QED) is 0.755. The van der Waals surface area contributed by atoms with Crippen molar-refractivity contribution in [1.82, 2.24) is 9.55 Å². The molecule has 82 valence electrons. The first kappa shape index (κ1) is 9.02. The zero-order valence-corrected chi connectivity index (χ0v) is 8.52. The van der Waals surface area contributed by atoms with Crippen LogP contribution in [0.25, 0.3) is 11.5 Å². The van der Waals surface area contributed by atoms with Crippen molar-refractivity contribution in [2.45, 2.75) is 6.54 Å². The molecule has 16 heavy (non-hydrogen) atoms. The number of carboxylic acid groups (broad SMARTS) is 1. The zero-order chi connectivity index (χ0) is 11.3. The predicted molar refractivity (Wildman–Crippen MR) is 55.2 cm³/mol. The summed E-state index contributed by atoms with van der Waals surface area (Å²) in [5.74, 6) is -0.592. The lowest BCUT2D eigenvalue weighted by molar-refractivity contribution is 0.0663. The molecule has 1 aliphatic heterocycles. The fourth-order valence-electron chi connectivity index (χ4n) is 1.88. The van der Waals surface area contributed by atoms with Crippen LogP contribution in [0, 0.1) is 0 Å². The molecule has 2 N–H and O–H groups in total. The molecular formula is C10H9N3O3. The number of carbonyl (C=O) groups is 1. The summed E-state index contributed by atoms with van der Waals surface area (Å²) in [5.41, 5.74) is 2.40. The number of aromatic nitrogens is 2. The fraction of sp³-hybridized carbons (Fsp3) is 0.200. The number of aromatic carboxylic acids is 1. The molecule has 2 aromatic heterocycles. The number of carboxylic acids is 1. The van der Waals surface area contributed by atoms with Crippen LogP contribution in [0.3, 0.4) is 0 Å². The van der Waals surface area contributed by atoms with Gasteiger partial charge in [-0.1, -0.05) is 0 Å². The Bertz CT molecular complexity index is 582. The highest BCUT2D eigenvalue weighted by Crippen LogP contribution is 2.37. The van der Waals surface area contributed by atoms with E-state index >= 15 is 0 Å². The number of aryl methyl sites for hydroxylation is 1. The van der Waals surface area contributed by atoms with Gasteiger partial charge in [-0.3, -0.25) is 0 Å². The topological polar surface area (TPSA) is 80.3 Å². The van der Waals surface area contributed by atoms with Gasteiger partial charge in [-0.15, -0.1) is 0 Å². The molecule has 0 saturated heterocycles. The Balaban J connectivity index is 2.23. The second-order valence-electron chi connectivity index (χ2n) is 3.66. The molecule has 0 bridgehead atoms. The molecule has 3 rings (SSSR count). The Labute approximate surface area is 90.5 Å². The molecule has 2 aromatic rings. The molecule has 0 aliphatic carbocycles. The number of imidazole rings is 1. The van der Waals surface area contributed by atoms with Crippen molar-refractivity contribution in [1.29, 1.82) is 0 Å². The standard InChI is InChI=1S/C10H9N3O3/c1-13-4-12-6-3-11-5-2-7(10(14)15)16-9(5)8(6)13/h2,4,11H,3H2,1H3,(H,14,15). The molecule has 0 amide bonds. The van der Waals surface area contributed by atoms with Gasteiger partial charge in [-0.25, -0.2) is 9.78 Å². The summed E-state index contributed by atoms with van der Waals surface area (Å²) in [5, 5.41) is 11.9. The van der Waals surface area contributed by atoms with Gasteiger partial charge in [0, 0.05) is 13.1 Å². The number of hydrogen-bond acceptors (Lipinski definition) is 4. The maximum absolute atomic E-state index is 10.8. The first-order valence-corrected chi connectivity index (χ1v) is 4.78. The summed E-state index contributed by atoms with van der Waals surface area (Å²) in [6.07, 6.45) is 1.68. The van der Waals surface area contributed by atoms with Crippen LogP contribution in [-0.2, 0) is 13.6 Å². The zero-order valence-electron chi connectivity index (χ0n) is 8.52. The van der Waals surface area contributed by atoms with Gasteiger partial charge in [0.05, 0.1) is 24.3 Å². The highest BCUT2D eigenvalue weighted by molar-refractivity contribution is 5.89. The van der Waals surface area contributed by atoms with E-state index in [0.29, 0.717) is 18.0 Å². The van der Waals surface area contributed by atoms with E-state index in [9.17, 15) is 4.79 Å². The molecule has 1 aliphatic rings. The highest BCUT2D eigenvalue weighted by atomic mass is 16.4. The van der Waals surface area contributed by atoms with Gasteiger partial charge in [0.25, 0.3) is 0 Å². The first-order valence-electron chi connectivity index (χ1n) is 4.78. The van der Waals surface area contributed by atoms with Crippen molar-refractivity contribution in [3.63, 3.8) is 0 Å². The number of rotatable bonds is 1.